The Kier molecular flexibility index (Phi) is 8.39. The van der Waals surface area contributed by atoms with E-state index in [1.165, 1.54) is 12.1 Å². The number of benzene rings is 3. The number of nitrogens with zero attached hydrogens (tertiary/aromatic N) is 1. The number of piperidine rings is 1. The maximum Gasteiger partial charge on any atom is 0.416 e. The van der Waals surface area contributed by atoms with E-state index in [2.05, 4.69) is 10.2 Å². The average molecular weight is 610 g/mol. The lowest BCUT2D eigenvalue weighted by Crippen LogP contribution is -2.78. The third kappa shape index (κ3) is 4.89. The predicted molar refractivity (Wildman–Crippen MR) is 160 cm³/mol. The van der Waals surface area contributed by atoms with E-state index < -0.39 is 64.5 Å². The van der Waals surface area contributed by atoms with Gasteiger partial charge in [-0.3, -0.25) is 19.8 Å². The van der Waals surface area contributed by atoms with Gasteiger partial charge in [0.05, 0.1) is 23.2 Å². The van der Waals surface area contributed by atoms with Gasteiger partial charge in [-0.25, -0.2) is 0 Å². The van der Waals surface area contributed by atoms with E-state index in [4.69, 9.17) is 5.73 Å². The van der Waals surface area contributed by atoms with Crippen LogP contribution in [0.4, 0.5) is 13.2 Å². The molecule has 0 amide bonds. The number of halogens is 3. The van der Waals surface area contributed by atoms with Crippen LogP contribution < -0.4 is 11.1 Å². The molecule has 3 aromatic carbocycles. The lowest BCUT2D eigenvalue weighted by Gasteiger charge is -2.63. The standard InChI is InChI=1S/C34H38F3N3O4/c1-20(2)32(30(41)42)21(3)39-29(38)33(31(43)44,28(32)24-15-10-16-25(17-24)34(35,36)37)26-18-40(19-26)27(22-11-6-4-7-12-22)23-13-8-5-9-14-23/h4-17,20-21,26-29,39H,18-19,38H2,1-3H3,(H,41,42)(H,43,44). The Hall–Kier alpha value is -3.73. The van der Waals surface area contributed by atoms with Crippen molar-refractivity contribution in [2.75, 3.05) is 13.1 Å². The van der Waals surface area contributed by atoms with Gasteiger partial charge in [-0.2, -0.15) is 13.2 Å². The van der Waals surface area contributed by atoms with Gasteiger partial charge < -0.3 is 15.9 Å². The molecule has 0 saturated carbocycles. The highest BCUT2D eigenvalue weighted by atomic mass is 19.4. The molecule has 0 aliphatic carbocycles. The number of alkyl halides is 3. The third-order valence-corrected chi connectivity index (χ3v) is 10.0. The van der Waals surface area contributed by atoms with Crippen LogP contribution in [0.3, 0.4) is 0 Å². The summed E-state index contributed by atoms with van der Waals surface area (Å²) in [7, 11) is 0. The molecular formula is C34H38F3N3O4. The molecule has 234 valence electrons. The molecule has 0 aromatic heterocycles. The fraction of sp³-hybridized carbons (Fsp3) is 0.412. The number of carbonyl (C=O) groups is 2. The molecule has 2 saturated heterocycles. The summed E-state index contributed by atoms with van der Waals surface area (Å²) in [5, 5.41) is 25.1. The topological polar surface area (TPSA) is 116 Å². The first-order valence-electron chi connectivity index (χ1n) is 14.8. The molecule has 44 heavy (non-hydrogen) atoms. The van der Waals surface area contributed by atoms with Crippen molar-refractivity contribution in [3.8, 4) is 0 Å². The predicted octanol–water partition coefficient (Wildman–Crippen LogP) is 5.58. The molecule has 5 unspecified atom stereocenters. The van der Waals surface area contributed by atoms with Crippen LogP contribution in [0, 0.1) is 22.7 Å². The molecule has 2 aliphatic rings. The van der Waals surface area contributed by atoms with Crippen molar-refractivity contribution in [1.29, 1.82) is 0 Å². The second-order valence-electron chi connectivity index (χ2n) is 12.4. The highest BCUT2D eigenvalue weighted by Gasteiger charge is 2.72. The van der Waals surface area contributed by atoms with Gasteiger partial charge in [-0.1, -0.05) is 92.7 Å². The zero-order valence-electron chi connectivity index (χ0n) is 24.8. The normalized spacial score (nSPS) is 28.2. The quantitative estimate of drug-likeness (QED) is 0.263. The molecule has 5 N–H and O–H groups in total. The minimum Gasteiger partial charge on any atom is -0.481 e. The van der Waals surface area contributed by atoms with E-state index in [1.54, 1.807) is 20.8 Å². The van der Waals surface area contributed by atoms with Crippen molar-refractivity contribution >= 4 is 11.9 Å². The maximum absolute atomic E-state index is 14.0. The second-order valence-corrected chi connectivity index (χ2v) is 12.4. The monoisotopic (exact) mass is 609 g/mol. The molecule has 7 nitrogen and oxygen atoms in total. The number of rotatable bonds is 8. The minimum atomic E-state index is -4.71. The summed E-state index contributed by atoms with van der Waals surface area (Å²) < 4.78 is 41.9. The van der Waals surface area contributed by atoms with Crippen molar-refractivity contribution < 1.29 is 33.0 Å². The average Bonchev–Trinajstić information content (AvgIpc) is 2.95. The van der Waals surface area contributed by atoms with E-state index in [0.717, 1.165) is 23.3 Å². The number of carboxylic acids is 2. The minimum absolute atomic E-state index is 0.00300. The van der Waals surface area contributed by atoms with E-state index in [0.29, 0.717) is 0 Å². The van der Waals surface area contributed by atoms with Crippen LogP contribution in [0.25, 0.3) is 0 Å². The number of likely N-dealkylation sites (tertiary alicyclic amines) is 1. The second kappa shape index (κ2) is 11.6. The molecule has 3 aromatic rings. The van der Waals surface area contributed by atoms with Crippen LogP contribution in [0.2, 0.25) is 0 Å². The van der Waals surface area contributed by atoms with Gasteiger partial charge in [0.25, 0.3) is 0 Å². The highest BCUT2D eigenvalue weighted by Crippen LogP contribution is 2.62. The Balaban J connectivity index is 1.68. The Bertz CT molecular complexity index is 1460. The highest BCUT2D eigenvalue weighted by molar-refractivity contribution is 5.85. The molecule has 0 spiro atoms. The number of hydrogen-bond acceptors (Lipinski definition) is 5. The lowest BCUT2D eigenvalue weighted by atomic mass is 9.45. The number of aliphatic carboxylic acids is 2. The maximum atomic E-state index is 14.0. The Morgan fingerprint density at radius 3 is 1.91 bits per heavy atom. The number of nitrogens with two attached hydrogens (primary N) is 1. The summed E-state index contributed by atoms with van der Waals surface area (Å²) in [5.74, 6) is -5.33. The smallest absolute Gasteiger partial charge is 0.416 e. The molecule has 2 aliphatic heterocycles. The van der Waals surface area contributed by atoms with Crippen molar-refractivity contribution in [3.63, 3.8) is 0 Å². The van der Waals surface area contributed by atoms with E-state index in [9.17, 15) is 33.0 Å². The molecule has 2 heterocycles. The van der Waals surface area contributed by atoms with E-state index in [1.807, 2.05) is 60.7 Å². The van der Waals surface area contributed by atoms with Crippen molar-refractivity contribution in [2.45, 2.75) is 51.1 Å². The number of carboxylic acid groups (broad SMARTS) is 2. The first-order valence-corrected chi connectivity index (χ1v) is 14.8. The van der Waals surface area contributed by atoms with E-state index >= 15 is 0 Å². The Labute approximate surface area is 254 Å². The van der Waals surface area contributed by atoms with Crippen molar-refractivity contribution in [3.05, 3.63) is 107 Å². The van der Waals surface area contributed by atoms with Gasteiger partial charge in [0.2, 0.25) is 0 Å². The molecule has 0 radical (unpaired) electrons. The third-order valence-electron chi connectivity index (χ3n) is 10.0. The van der Waals surface area contributed by atoms with Crippen molar-refractivity contribution in [1.82, 2.24) is 10.2 Å². The summed E-state index contributed by atoms with van der Waals surface area (Å²) >= 11 is 0. The fourth-order valence-corrected chi connectivity index (χ4v) is 8.04. The summed E-state index contributed by atoms with van der Waals surface area (Å²) in [4.78, 5) is 29.2. The van der Waals surface area contributed by atoms with E-state index in [-0.39, 0.29) is 24.7 Å². The van der Waals surface area contributed by atoms with Crippen LogP contribution in [0.5, 0.6) is 0 Å². The first-order chi connectivity index (χ1) is 20.8. The molecular weight excluding hydrogens is 571 g/mol. The SMILES string of the molecule is CC(C)C1(C(=O)O)C(C)NC(N)C(C(=O)O)(C2CN(C(c3ccccc3)c3ccccc3)C2)C1c1cccc(C(F)(F)F)c1. The van der Waals surface area contributed by atoms with Crippen LogP contribution in [-0.2, 0) is 15.8 Å². The Morgan fingerprint density at radius 2 is 1.45 bits per heavy atom. The van der Waals surface area contributed by atoms with Gasteiger partial charge in [-0.15, -0.1) is 0 Å². The zero-order chi connectivity index (χ0) is 32.0. The van der Waals surface area contributed by atoms with Crippen LogP contribution in [-0.4, -0.2) is 52.3 Å². The number of nitrogens with one attached hydrogen (secondary N) is 1. The summed E-state index contributed by atoms with van der Waals surface area (Å²) in [6, 6.07) is 22.9. The molecule has 0 bridgehead atoms. The van der Waals surface area contributed by atoms with Gasteiger partial charge in [-0.05, 0) is 35.6 Å². The molecule has 2 fully saturated rings. The van der Waals surface area contributed by atoms with Gasteiger partial charge in [0.15, 0.2) is 0 Å². The number of hydrogen-bond donors (Lipinski definition) is 4. The summed E-state index contributed by atoms with van der Waals surface area (Å²) in [6.07, 6.45) is -5.95. The van der Waals surface area contributed by atoms with Gasteiger partial charge in [0, 0.05) is 31.0 Å². The first kappa shape index (κ1) is 31.7. The lowest BCUT2D eigenvalue weighted by molar-refractivity contribution is -0.193. The molecule has 5 atom stereocenters. The fourth-order valence-electron chi connectivity index (χ4n) is 8.04. The summed E-state index contributed by atoms with van der Waals surface area (Å²) in [5.41, 5.74) is 3.99. The zero-order valence-corrected chi connectivity index (χ0v) is 24.8. The molecule has 10 heteroatoms. The molecule has 5 rings (SSSR count). The van der Waals surface area contributed by atoms with Gasteiger partial charge in [0.1, 0.15) is 5.41 Å². The Morgan fingerprint density at radius 1 is 0.909 bits per heavy atom. The van der Waals surface area contributed by atoms with Crippen LogP contribution in [0.1, 0.15) is 55.0 Å². The van der Waals surface area contributed by atoms with Crippen molar-refractivity contribution in [2.24, 2.45) is 28.4 Å². The van der Waals surface area contributed by atoms with Gasteiger partial charge >= 0.3 is 18.1 Å². The van der Waals surface area contributed by atoms with Crippen LogP contribution in [0.15, 0.2) is 84.9 Å². The largest absolute Gasteiger partial charge is 0.481 e. The van der Waals surface area contributed by atoms with Crippen LogP contribution >= 0.6 is 0 Å². The summed E-state index contributed by atoms with van der Waals surface area (Å²) in [6.45, 7) is 5.45.